The summed E-state index contributed by atoms with van der Waals surface area (Å²) in [5, 5.41) is 6.69. The molecule has 2 aliphatic carbocycles. The molecule has 2 aromatic rings. The van der Waals surface area contributed by atoms with E-state index in [-0.39, 0.29) is 16.8 Å². The Hall–Kier alpha value is -1.70. The first-order chi connectivity index (χ1) is 13.4. The van der Waals surface area contributed by atoms with Gasteiger partial charge in [-0.25, -0.2) is 13.1 Å². The van der Waals surface area contributed by atoms with Crippen molar-refractivity contribution >= 4 is 33.0 Å². The van der Waals surface area contributed by atoms with Gasteiger partial charge in [0.1, 0.15) is 0 Å². The molecule has 0 unspecified atom stereocenters. The number of sulfonamides is 1. The van der Waals surface area contributed by atoms with Crippen molar-refractivity contribution in [3.63, 3.8) is 0 Å². The Balaban J connectivity index is 1.36. The predicted octanol–water partition coefficient (Wildman–Crippen LogP) is 4.03. The van der Waals surface area contributed by atoms with Gasteiger partial charge >= 0.3 is 0 Å². The molecule has 0 aliphatic heterocycles. The molecule has 5 nitrogen and oxygen atoms in total. The lowest BCUT2D eigenvalue weighted by Gasteiger charge is -2.28. The minimum Gasteiger partial charge on any atom is -0.326 e. The van der Waals surface area contributed by atoms with E-state index in [9.17, 15) is 13.2 Å². The quantitative estimate of drug-likeness (QED) is 0.713. The van der Waals surface area contributed by atoms with E-state index >= 15 is 0 Å². The molecule has 4 atom stereocenters. The van der Waals surface area contributed by atoms with Gasteiger partial charge in [-0.15, -0.1) is 0 Å². The Bertz CT molecular complexity index is 923. The molecular weight excluding hydrogens is 392 g/mol. The largest absolute Gasteiger partial charge is 0.326 e. The van der Waals surface area contributed by atoms with E-state index in [1.807, 2.05) is 23.8 Å². The lowest BCUT2D eigenvalue weighted by molar-refractivity contribution is -0.115. The van der Waals surface area contributed by atoms with E-state index < -0.39 is 10.0 Å². The van der Waals surface area contributed by atoms with Crippen LogP contribution < -0.4 is 10.0 Å². The van der Waals surface area contributed by atoms with Crippen molar-refractivity contribution in [3.8, 4) is 0 Å². The topological polar surface area (TPSA) is 75.3 Å². The van der Waals surface area contributed by atoms with Crippen LogP contribution in [0.25, 0.3) is 0 Å². The maximum Gasteiger partial charge on any atom is 0.240 e. The maximum absolute atomic E-state index is 12.8. The van der Waals surface area contributed by atoms with Gasteiger partial charge in [-0.05, 0) is 90.6 Å². The zero-order valence-corrected chi connectivity index (χ0v) is 17.6. The highest BCUT2D eigenvalue weighted by atomic mass is 32.2. The second-order valence-electron chi connectivity index (χ2n) is 8.13. The highest BCUT2D eigenvalue weighted by Gasteiger charge is 2.42. The fraction of sp³-hybridized carbons (Fsp3) is 0.476. The van der Waals surface area contributed by atoms with E-state index in [1.165, 1.54) is 19.3 Å². The predicted molar refractivity (Wildman–Crippen MR) is 112 cm³/mol. The van der Waals surface area contributed by atoms with E-state index in [0.717, 1.165) is 17.9 Å². The molecule has 7 heteroatoms. The molecule has 2 N–H and O–H groups in total. The van der Waals surface area contributed by atoms with E-state index in [2.05, 4.69) is 10.0 Å². The van der Waals surface area contributed by atoms with E-state index in [1.54, 1.807) is 35.6 Å². The number of benzene rings is 1. The average Bonchev–Trinajstić information content (AvgIpc) is 3.40. The van der Waals surface area contributed by atoms with Crippen molar-refractivity contribution < 1.29 is 13.2 Å². The molecule has 2 saturated carbocycles. The van der Waals surface area contributed by atoms with Crippen LogP contribution in [0.1, 0.15) is 38.2 Å². The monoisotopic (exact) mass is 418 g/mol. The molecule has 2 bridgehead atoms. The van der Waals surface area contributed by atoms with Gasteiger partial charge in [-0.1, -0.05) is 6.42 Å². The zero-order valence-electron chi connectivity index (χ0n) is 15.9. The summed E-state index contributed by atoms with van der Waals surface area (Å²) in [6.07, 6.45) is 5.26. The lowest BCUT2D eigenvalue weighted by atomic mass is 9.84. The minimum atomic E-state index is -3.56. The number of carbonyl (C=O) groups excluding carboxylic acids is 1. The smallest absolute Gasteiger partial charge is 0.240 e. The van der Waals surface area contributed by atoms with Crippen molar-refractivity contribution in [2.75, 3.05) is 5.32 Å². The lowest BCUT2D eigenvalue weighted by Crippen LogP contribution is -2.40. The third-order valence-corrected chi connectivity index (χ3v) is 8.48. The molecule has 1 heterocycles. The summed E-state index contributed by atoms with van der Waals surface area (Å²) in [6.45, 7) is 1.99. The summed E-state index contributed by atoms with van der Waals surface area (Å²) in [6, 6.07) is 8.25. The fourth-order valence-electron chi connectivity index (χ4n) is 4.81. The Kier molecular flexibility index (Phi) is 5.58. The second-order valence-corrected chi connectivity index (χ2v) is 10.6. The number of fused-ring (bicyclic) bond motifs is 2. The van der Waals surface area contributed by atoms with E-state index in [0.29, 0.717) is 23.9 Å². The summed E-state index contributed by atoms with van der Waals surface area (Å²) < 4.78 is 28.4. The molecule has 28 heavy (non-hydrogen) atoms. The molecule has 2 fully saturated rings. The van der Waals surface area contributed by atoms with Crippen LogP contribution in [0.4, 0.5) is 5.69 Å². The van der Waals surface area contributed by atoms with Gasteiger partial charge in [-0.2, -0.15) is 11.3 Å². The Morgan fingerprint density at radius 3 is 2.57 bits per heavy atom. The van der Waals surface area contributed by atoms with Crippen LogP contribution in [0.3, 0.4) is 0 Å². The number of amides is 1. The highest BCUT2D eigenvalue weighted by Crippen LogP contribution is 2.49. The van der Waals surface area contributed by atoms with E-state index in [4.69, 9.17) is 0 Å². The van der Waals surface area contributed by atoms with Crippen LogP contribution in [0.2, 0.25) is 0 Å². The van der Waals surface area contributed by atoms with Crippen LogP contribution in [0.5, 0.6) is 0 Å². The number of hydrogen-bond donors (Lipinski definition) is 2. The molecule has 2 aliphatic rings. The molecule has 0 radical (unpaired) electrons. The third kappa shape index (κ3) is 4.31. The highest BCUT2D eigenvalue weighted by molar-refractivity contribution is 7.89. The summed E-state index contributed by atoms with van der Waals surface area (Å²) in [4.78, 5) is 12.3. The van der Waals surface area contributed by atoms with Crippen LogP contribution in [0, 0.1) is 17.8 Å². The van der Waals surface area contributed by atoms with Crippen LogP contribution >= 0.6 is 11.3 Å². The van der Waals surface area contributed by atoms with Gasteiger partial charge in [0, 0.05) is 11.7 Å². The van der Waals surface area contributed by atoms with Crippen LogP contribution in [-0.2, 0) is 21.2 Å². The maximum atomic E-state index is 12.8. The summed E-state index contributed by atoms with van der Waals surface area (Å²) >= 11 is 1.56. The Morgan fingerprint density at radius 2 is 1.96 bits per heavy atom. The molecular formula is C21H26N2O3S2. The summed E-state index contributed by atoms with van der Waals surface area (Å²) in [5.41, 5.74) is 1.57. The van der Waals surface area contributed by atoms with Gasteiger partial charge < -0.3 is 5.32 Å². The van der Waals surface area contributed by atoms with Crippen molar-refractivity contribution in [3.05, 3.63) is 46.7 Å². The van der Waals surface area contributed by atoms with Gasteiger partial charge in [-0.3, -0.25) is 4.79 Å². The number of rotatable bonds is 7. The standard InChI is InChI=1S/C21H26N2O3S2/c1-14(20-11-15-2-3-17(20)10-15)23-28(25,26)19-6-4-18(5-7-19)22-21(24)12-16-8-9-27-13-16/h4-9,13-15,17,20,23H,2-3,10-12H2,1H3,(H,22,24)/t14-,15-,17-,20+/m0/s1. The summed E-state index contributed by atoms with van der Waals surface area (Å²) in [7, 11) is -3.56. The van der Waals surface area contributed by atoms with Gasteiger partial charge in [0.2, 0.25) is 15.9 Å². The minimum absolute atomic E-state index is 0.0507. The molecule has 1 amide bonds. The van der Waals surface area contributed by atoms with Gasteiger partial charge in [0.05, 0.1) is 11.3 Å². The first-order valence-corrected chi connectivity index (χ1v) is 12.3. The molecule has 0 spiro atoms. The van der Waals surface area contributed by atoms with Gasteiger partial charge in [0.25, 0.3) is 0 Å². The van der Waals surface area contributed by atoms with Crippen LogP contribution in [0.15, 0.2) is 46.0 Å². The average molecular weight is 419 g/mol. The second kappa shape index (κ2) is 7.97. The Labute approximate surface area is 170 Å². The number of nitrogens with one attached hydrogen (secondary N) is 2. The molecule has 1 aromatic carbocycles. The molecule has 1 aromatic heterocycles. The SMILES string of the molecule is C[C@H](NS(=O)(=O)c1ccc(NC(=O)Cc2ccsc2)cc1)[C@H]1C[C@H]2CC[C@H]1C2. The van der Waals surface area contributed by atoms with Crippen LogP contribution in [-0.4, -0.2) is 20.4 Å². The van der Waals surface area contributed by atoms with Crippen molar-refractivity contribution in [1.82, 2.24) is 4.72 Å². The molecule has 4 rings (SSSR count). The number of carbonyl (C=O) groups is 1. The van der Waals surface area contributed by atoms with Crippen molar-refractivity contribution in [2.24, 2.45) is 17.8 Å². The number of anilines is 1. The summed E-state index contributed by atoms with van der Waals surface area (Å²) in [5.74, 6) is 1.80. The number of thiophene rings is 1. The zero-order chi connectivity index (χ0) is 19.7. The van der Waals surface area contributed by atoms with Gasteiger partial charge in [0.15, 0.2) is 0 Å². The normalized spacial score (nSPS) is 25.0. The number of hydrogen-bond acceptors (Lipinski definition) is 4. The molecule has 150 valence electrons. The first-order valence-electron chi connectivity index (χ1n) is 9.84. The third-order valence-electron chi connectivity index (χ3n) is 6.17. The first kappa shape index (κ1) is 19.6. The van der Waals surface area contributed by atoms with Crippen molar-refractivity contribution in [2.45, 2.75) is 50.0 Å². The molecule has 0 saturated heterocycles. The fourth-order valence-corrected chi connectivity index (χ4v) is 6.77. The Morgan fingerprint density at radius 1 is 1.18 bits per heavy atom. The van der Waals surface area contributed by atoms with Crippen molar-refractivity contribution in [1.29, 1.82) is 0 Å².